The molecule has 0 saturated heterocycles. The van der Waals surface area contributed by atoms with Crippen LogP contribution in [0.25, 0.3) is 0 Å². The number of ether oxygens (including phenoxy) is 1. The van der Waals surface area contributed by atoms with Crippen LogP contribution in [0.2, 0.25) is 0 Å². The molecule has 29 heavy (non-hydrogen) atoms. The third kappa shape index (κ3) is 5.71. The molecule has 1 aliphatic rings. The van der Waals surface area contributed by atoms with Crippen molar-refractivity contribution < 1.29 is 24.2 Å². The minimum Gasteiger partial charge on any atom is -0.481 e. The van der Waals surface area contributed by atoms with Gasteiger partial charge in [0.15, 0.2) is 6.10 Å². The van der Waals surface area contributed by atoms with Gasteiger partial charge in [-0.2, -0.15) is 0 Å². The third-order valence-corrected chi connectivity index (χ3v) is 4.54. The average molecular weight is 397 g/mol. The summed E-state index contributed by atoms with van der Waals surface area (Å²) in [6, 6.07) is 13.7. The second-order valence-electron chi connectivity index (χ2n) is 6.88. The predicted molar refractivity (Wildman–Crippen MR) is 108 cm³/mol. The normalized spacial score (nSPS) is 16.0. The van der Waals surface area contributed by atoms with Crippen molar-refractivity contribution in [3.8, 4) is 5.75 Å². The molecule has 3 amide bonds. The number of carbonyl (C=O) groups excluding carboxylic acids is 2. The Labute approximate surface area is 168 Å². The van der Waals surface area contributed by atoms with Crippen LogP contribution >= 0.6 is 0 Å². The van der Waals surface area contributed by atoms with Crippen LogP contribution in [0.4, 0.5) is 16.2 Å². The molecule has 1 aliphatic heterocycles. The summed E-state index contributed by atoms with van der Waals surface area (Å²) >= 11 is 0. The van der Waals surface area contributed by atoms with Crippen LogP contribution < -0.4 is 20.7 Å². The second-order valence-corrected chi connectivity index (χ2v) is 6.88. The van der Waals surface area contributed by atoms with E-state index in [2.05, 4.69) is 16.0 Å². The summed E-state index contributed by atoms with van der Waals surface area (Å²) < 4.78 is 5.49. The molecule has 0 spiro atoms. The zero-order valence-corrected chi connectivity index (χ0v) is 16.0. The lowest BCUT2D eigenvalue weighted by Gasteiger charge is -2.24. The Balaban J connectivity index is 1.64. The summed E-state index contributed by atoms with van der Waals surface area (Å²) in [7, 11) is 0. The van der Waals surface area contributed by atoms with Crippen LogP contribution in [0, 0.1) is 0 Å². The van der Waals surface area contributed by atoms with E-state index < -0.39 is 18.1 Å². The summed E-state index contributed by atoms with van der Waals surface area (Å²) in [6.45, 7) is 1.65. The van der Waals surface area contributed by atoms with Crippen LogP contribution in [-0.4, -0.2) is 35.2 Å². The van der Waals surface area contributed by atoms with Crippen LogP contribution in [0.15, 0.2) is 48.5 Å². The van der Waals surface area contributed by atoms with Crippen LogP contribution in [0.3, 0.4) is 0 Å². The molecular weight excluding hydrogens is 374 g/mol. The van der Waals surface area contributed by atoms with Gasteiger partial charge in [-0.15, -0.1) is 0 Å². The first kappa shape index (κ1) is 20.2. The monoisotopic (exact) mass is 397 g/mol. The van der Waals surface area contributed by atoms with Gasteiger partial charge >= 0.3 is 12.0 Å². The summed E-state index contributed by atoms with van der Waals surface area (Å²) in [4.78, 5) is 35.2. The summed E-state index contributed by atoms with van der Waals surface area (Å²) in [6.07, 6.45) is 0.215. The van der Waals surface area contributed by atoms with Crippen LogP contribution in [0.5, 0.6) is 5.75 Å². The van der Waals surface area contributed by atoms with Crippen molar-refractivity contribution in [2.75, 3.05) is 10.6 Å². The molecule has 1 heterocycles. The van der Waals surface area contributed by atoms with Crippen LogP contribution in [-0.2, 0) is 16.0 Å². The SMILES string of the molecule is CC1Oc2ccc(NC(=O)NC(CCC(=O)O)Cc3ccccc3)cc2NC1=O. The van der Waals surface area contributed by atoms with Crippen molar-refractivity contribution in [1.82, 2.24) is 5.32 Å². The highest BCUT2D eigenvalue weighted by Crippen LogP contribution is 2.32. The van der Waals surface area contributed by atoms with Gasteiger partial charge in [0.2, 0.25) is 0 Å². The fraction of sp³-hybridized carbons (Fsp3) is 0.286. The first-order valence-electron chi connectivity index (χ1n) is 9.35. The van der Waals surface area contributed by atoms with Crippen molar-refractivity contribution in [3.05, 3.63) is 54.1 Å². The summed E-state index contributed by atoms with van der Waals surface area (Å²) in [5, 5.41) is 17.3. The smallest absolute Gasteiger partial charge is 0.319 e. The van der Waals surface area contributed by atoms with E-state index in [1.54, 1.807) is 25.1 Å². The Morgan fingerprint density at radius 2 is 1.97 bits per heavy atom. The Bertz CT molecular complexity index is 900. The van der Waals surface area contributed by atoms with E-state index in [4.69, 9.17) is 9.84 Å². The zero-order chi connectivity index (χ0) is 20.8. The maximum absolute atomic E-state index is 12.5. The van der Waals surface area contributed by atoms with Crippen molar-refractivity contribution in [3.63, 3.8) is 0 Å². The topological polar surface area (TPSA) is 117 Å². The highest BCUT2D eigenvalue weighted by molar-refractivity contribution is 5.99. The molecule has 0 aromatic heterocycles. The number of rotatable bonds is 7. The molecule has 0 aliphatic carbocycles. The molecule has 152 valence electrons. The Morgan fingerprint density at radius 1 is 1.21 bits per heavy atom. The first-order chi connectivity index (χ1) is 13.9. The minimum absolute atomic E-state index is 0.0435. The number of benzene rings is 2. The molecule has 4 N–H and O–H groups in total. The van der Waals surface area contributed by atoms with Gasteiger partial charge in [-0.1, -0.05) is 30.3 Å². The van der Waals surface area contributed by atoms with Gasteiger partial charge in [-0.3, -0.25) is 9.59 Å². The quantitative estimate of drug-likeness (QED) is 0.573. The molecule has 0 saturated carbocycles. The molecule has 8 heteroatoms. The van der Waals surface area contributed by atoms with Gasteiger partial charge in [-0.25, -0.2) is 4.79 Å². The molecule has 0 radical (unpaired) electrons. The average Bonchev–Trinajstić information content (AvgIpc) is 2.68. The van der Waals surface area contributed by atoms with E-state index >= 15 is 0 Å². The summed E-state index contributed by atoms with van der Waals surface area (Å²) in [5.74, 6) is -0.632. The molecule has 0 bridgehead atoms. The molecule has 2 atom stereocenters. The maximum atomic E-state index is 12.5. The number of fused-ring (bicyclic) bond motifs is 1. The molecular formula is C21H23N3O5. The molecule has 0 fully saturated rings. The summed E-state index contributed by atoms with van der Waals surface area (Å²) in [5.41, 5.74) is 1.97. The molecule has 2 aromatic carbocycles. The highest BCUT2D eigenvalue weighted by Gasteiger charge is 2.24. The molecule has 8 nitrogen and oxygen atoms in total. The number of carbonyl (C=O) groups is 3. The van der Waals surface area contributed by atoms with Crippen molar-refractivity contribution in [1.29, 1.82) is 0 Å². The minimum atomic E-state index is -0.912. The first-order valence-corrected chi connectivity index (χ1v) is 9.35. The fourth-order valence-corrected chi connectivity index (χ4v) is 3.06. The standard InChI is InChI=1S/C21H23N3O5/c1-13-20(27)24-17-12-16(7-9-18(17)29-13)23-21(28)22-15(8-10-19(25)26)11-14-5-3-2-4-6-14/h2-7,9,12-13,15H,8,10-11H2,1H3,(H,24,27)(H,25,26)(H2,22,23,28). The van der Waals surface area contributed by atoms with E-state index in [1.165, 1.54) is 0 Å². The van der Waals surface area contributed by atoms with Gasteiger partial charge < -0.3 is 25.8 Å². The van der Waals surface area contributed by atoms with Crippen molar-refractivity contribution in [2.45, 2.75) is 38.3 Å². The molecule has 3 rings (SSSR count). The van der Waals surface area contributed by atoms with Crippen LogP contribution in [0.1, 0.15) is 25.3 Å². The van der Waals surface area contributed by atoms with Gasteiger partial charge in [0, 0.05) is 18.2 Å². The van der Waals surface area contributed by atoms with E-state index in [0.717, 1.165) is 5.56 Å². The van der Waals surface area contributed by atoms with Gasteiger partial charge in [0.05, 0.1) is 5.69 Å². The van der Waals surface area contributed by atoms with E-state index in [0.29, 0.717) is 30.0 Å². The number of urea groups is 1. The lowest BCUT2D eigenvalue weighted by molar-refractivity contribution is -0.137. The number of anilines is 2. The van der Waals surface area contributed by atoms with Crippen molar-refractivity contribution in [2.24, 2.45) is 0 Å². The van der Waals surface area contributed by atoms with Gasteiger partial charge in [0.25, 0.3) is 5.91 Å². The largest absolute Gasteiger partial charge is 0.481 e. The molecule has 2 aromatic rings. The fourth-order valence-electron chi connectivity index (χ4n) is 3.06. The number of carboxylic acid groups (broad SMARTS) is 1. The predicted octanol–water partition coefficient (Wildman–Crippen LogP) is 3.00. The van der Waals surface area contributed by atoms with E-state index in [1.807, 2.05) is 30.3 Å². The number of carboxylic acids is 1. The Hall–Kier alpha value is -3.55. The van der Waals surface area contributed by atoms with Crippen molar-refractivity contribution >= 4 is 29.3 Å². The Morgan fingerprint density at radius 3 is 2.69 bits per heavy atom. The lowest BCUT2D eigenvalue weighted by Crippen LogP contribution is -2.39. The van der Waals surface area contributed by atoms with Gasteiger partial charge in [0.1, 0.15) is 5.75 Å². The number of aliphatic carboxylic acids is 1. The van der Waals surface area contributed by atoms with E-state index in [-0.39, 0.29) is 18.4 Å². The highest BCUT2D eigenvalue weighted by atomic mass is 16.5. The maximum Gasteiger partial charge on any atom is 0.319 e. The second kappa shape index (κ2) is 9.09. The number of hydrogen-bond acceptors (Lipinski definition) is 4. The number of amides is 3. The van der Waals surface area contributed by atoms with Gasteiger partial charge in [-0.05, 0) is 43.5 Å². The number of hydrogen-bond donors (Lipinski definition) is 4. The lowest BCUT2D eigenvalue weighted by atomic mass is 10.0. The zero-order valence-electron chi connectivity index (χ0n) is 16.0. The molecule has 2 unspecified atom stereocenters. The van der Waals surface area contributed by atoms with E-state index in [9.17, 15) is 14.4 Å². The third-order valence-electron chi connectivity index (χ3n) is 4.54. The Kier molecular flexibility index (Phi) is 6.33. The number of nitrogens with one attached hydrogen (secondary N) is 3.